The van der Waals surface area contributed by atoms with E-state index in [1.807, 2.05) is 20.2 Å². The summed E-state index contributed by atoms with van der Waals surface area (Å²) in [5.41, 5.74) is 2.68. The number of likely N-dealkylation sites (N-methyl/N-ethyl adjacent to an activating group) is 1. The number of carboxylic acid groups (broad SMARTS) is 1. The fraction of sp³-hybridized carbons (Fsp3) is 0.533. The third-order valence-electron chi connectivity index (χ3n) is 3.71. The summed E-state index contributed by atoms with van der Waals surface area (Å²) >= 11 is 0. The highest BCUT2D eigenvalue weighted by molar-refractivity contribution is 5.69. The predicted molar refractivity (Wildman–Crippen MR) is 75.3 cm³/mol. The number of aryl methyl sites for hydroxylation is 1. The molecule has 1 N–H and O–H groups in total. The van der Waals surface area contributed by atoms with Gasteiger partial charge in [0.15, 0.2) is 0 Å². The van der Waals surface area contributed by atoms with Gasteiger partial charge in [-0.1, -0.05) is 24.3 Å². The molecule has 0 amide bonds. The number of rotatable bonds is 6. The second-order valence-electron chi connectivity index (χ2n) is 5.42. The standard InChI is InChI=1S/C15H22N2O2/c1-16(2)9-10-17(11-15(18)19)14-8-7-12-5-3-4-6-13(12)14/h3-6,14H,7-11H2,1-2H3,(H,18,19). The van der Waals surface area contributed by atoms with Crippen LogP contribution in [0.15, 0.2) is 24.3 Å². The summed E-state index contributed by atoms with van der Waals surface area (Å²) in [6.45, 7) is 1.79. The van der Waals surface area contributed by atoms with Gasteiger partial charge < -0.3 is 10.0 Å². The molecule has 0 saturated carbocycles. The van der Waals surface area contributed by atoms with Gasteiger partial charge in [0.2, 0.25) is 0 Å². The smallest absolute Gasteiger partial charge is 0.317 e. The lowest BCUT2D eigenvalue weighted by Gasteiger charge is -2.29. The van der Waals surface area contributed by atoms with Crippen LogP contribution in [0.3, 0.4) is 0 Å². The van der Waals surface area contributed by atoms with Gasteiger partial charge in [-0.25, -0.2) is 0 Å². The number of aliphatic carboxylic acids is 1. The van der Waals surface area contributed by atoms with Gasteiger partial charge in [-0.05, 0) is 38.1 Å². The normalized spacial score (nSPS) is 18.0. The van der Waals surface area contributed by atoms with Crippen molar-refractivity contribution in [2.45, 2.75) is 18.9 Å². The highest BCUT2D eigenvalue weighted by Crippen LogP contribution is 2.35. The fourth-order valence-corrected chi connectivity index (χ4v) is 2.76. The number of nitrogens with zero attached hydrogens (tertiary/aromatic N) is 2. The van der Waals surface area contributed by atoms with Crippen LogP contribution < -0.4 is 0 Å². The maximum Gasteiger partial charge on any atom is 0.317 e. The van der Waals surface area contributed by atoms with Gasteiger partial charge in [-0.3, -0.25) is 9.69 Å². The van der Waals surface area contributed by atoms with Gasteiger partial charge in [-0.15, -0.1) is 0 Å². The van der Waals surface area contributed by atoms with E-state index < -0.39 is 5.97 Å². The zero-order valence-electron chi connectivity index (χ0n) is 11.7. The predicted octanol–water partition coefficient (Wildman–Crippen LogP) is 1.62. The highest BCUT2D eigenvalue weighted by atomic mass is 16.4. The molecule has 0 fully saturated rings. The topological polar surface area (TPSA) is 43.8 Å². The van der Waals surface area contributed by atoms with Gasteiger partial charge in [0, 0.05) is 19.1 Å². The average Bonchev–Trinajstić information content (AvgIpc) is 2.77. The summed E-state index contributed by atoms with van der Waals surface area (Å²) in [6.07, 6.45) is 2.08. The van der Waals surface area contributed by atoms with Crippen molar-refractivity contribution in [2.75, 3.05) is 33.7 Å². The van der Waals surface area contributed by atoms with Gasteiger partial charge >= 0.3 is 5.97 Å². The van der Waals surface area contributed by atoms with E-state index in [1.165, 1.54) is 11.1 Å². The lowest BCUT2D eigenvalue weighted by atomic mass is 10.1. The molecule has 0 spiro atoms. The van der Waals surface area contributed by atoms with E-state index >= 15 is 0 Å². The second-order valence-corrected chi connectivity index (χ2v) is 5.42. The zero-order chi connectivity index (χ0) is 13.8. The van der Waals surface area contributed by atoms with E-state index in [2.05, 4.69) is 28.0 Å². The van der Waals surface area contributed by atoms with Crippen molar-refractivity contribution < 1.29 is 9.90 Å². The van der Waals surface area contributed by atoms with Crippen LogP contribution in [0.2, 0.25) is 0 Å². The summed E-state index contributed by atoms with van der Waals surface area (Å²) in [6, 6.07) is 8.65. The molecule has 104 valence electrons. The van der Waals surface area contributed by atoms with Crippen LogP contribution in [-0.4, -0.2) is 54.6 Å². The average molecular weight is 262 g/mol. The number of hydrogen-bond acceptors (Lipinski definition) is 3. The maximum atomic E-state index is 11.1. The Labute approximate surface area is 114 Å². The van der Waals surface area contributed by atoms with Gasteiger partial charge in [0.05, 0.1) is 6.54 Å². The first-order valence-electron chi connectivity index (χ1n) is 6.76. The fourth-order valence-electron chi connectivity index (χ4n) is 2.76. The Morgan fingerprint density at radius 1 is 1.32 bits per heavy atom. The van der Waals surface area contributed by atoms with Crippen LogP contribution in [0.1, 0.15) is 23.6 Å². The van der Waals surface area contributed by atoms with Crippen LogP contribution in [0.5, 0.6) is 0 Å². The molecule has 1 aromatic carbocycles. The molecule has 0 aliphatic heterocycles. The highest BCUT2D eigenvalue weighted by Gasteiger charge is 2.28. The first-order chi connectivity index (χ1) is 9.08. The monoisotopic (exact) mass is 262 g/mol. The molecular weight excluding hydrogens is 240 g/mol. The molecule has 2 rings (SSSR count). The van der Waals surface area contributed by atoms with Crippen LogP contribution in [0.4, 0.5) is 0 Å². The molecule has 19 heavy (non-hydrogen) atoms. The third-order valence-corrected chi connectivity index (χ3v) is 3.71. The quantitative estimate of drug-likeness (QED) is 0.846. The second kappa shape index (κ2) is 6.17. The Balaban J connectivity index is 2.12. The van der Waals surface area contributed by atoms with Crippen LogP contribution in [-0.2, 0) is 11.2 Å². The molecule has 0 heterocycles. The summed E-state index contributed by atoms with van der Waals surface area (Å²) in [5, 5.41) is 9.10. The van der Waals surface area contributed by atoms with Crippen molar-refractivity contribution in [1.82, 2.24) is 9.80 Å². The van der Waals surface area contributed by atoms with Gasteiger partial charge in [-0.2, -0.15) is 0 Å². The zero-order valence-corrected chi connectivity index (χ0v) is 11.7. The van der Waals surface area contributed by atoms with E-state index in [-0.39, 0.29) is 12.6 Å². The summed E-state index contributed by atoms with van der Waals surface area (Å²) in [5.74, 6) is -0.747. The van der Waals surface area contributed by atoms with Gasteiger partial charge in [0.1, 0.15) is 0 Å². The minimum atomic E-state index is -0.747. The summed E-state index contributed by atoms with van der Waals surface area (Å²) in [4.78, 5) is 15.3. The Hall–Kier alpha value is -1.39. The van der Waals surface area contributed by atoms with Crippen molar-refractivity contribution in [3.63, 3.8) is 0 Å². The van der Waals surface area contributed by atoms with E-state index in [4.69, 9.17) is 5.11 Å². The molecule has 0 radical (unpaired) electrons. The van der Waals surface area contributed by atoms with Crippen molar-refractivity contribution in [1.29, 1.82) is 0 Å². The van der Waals surface area contributed by atoms with Crippen LogP contribution >= 0.6 is 0 Å². The number of carboxylic acids is 1. The number of hydrogen-bond donors (Lipinski definition) is 1. The van der Waals surface area contributed by atoms with Crippen molar-refractivity contribution in [3.05, 3.63) is 35.4 Å². The first-order valence-corrected chi connectivity index (χ1v) is 6.76. The van der Waals surface area contributed by atoms with E-state index in [1.54, 1.807) is 0 Å². The van der Waals surface area contributed by atoms with Crippen LogP contribution in [0, 0.1) is 0 Å². The van der Waals surface area contributed by atoms with Crippen molar-refractivity contribution in [3.8, 4) is 0 Å². The lowest BCUT2D eigenvalue weighted by molar-refractivity contribution is -0.139. The maximum absolute atomic E-state index is 11.1. The Bertz CT molecular complexity index is 446. The molecule has 1 aromatic rings. The first kappa shape index (κ1) is 14.0. The molecule has 1 aliphatic carbocycles. The molecule has 4 heteroatoms. The van der Waals surface area contributed by atoms with Crippen molar-refractivity contribution in [2.24, 2.45) is 0 Å². The number of benzene rings is 1. The Morgan fingerprint density at radius 3 is 2.74 bits per heavy atom. The van der Waals surface area contributed by atoms with E-state index in [0.29, 0.717) is 0 Å². The van der Waals surface area contributed by atoms with Crippen LogP contribution in [0.25, 0.3) is 0 Å². The SMILES string of the molecule is CN(C)CCN(CC(=O)O)C1CCc2ccccc21. The molecule has 4 nitrogen and oxygen atoms in total. The molecule has 1 unspecified atom stereocenters. The van der Waals surface area contributed by atoms with E-state index in [9.17, 15) is 4.79 Å². The molecule has 1 aliphatic rings. The number of carbonyl (C=O) groups is 1. The Morgan fingerprint density at radius 2 is 2.05 bits per heavy atom. The summed E-state index contributed by atoms with van der Waals surface area (Å²) < 4.78 is 0. The van der Waals surface area contributed by atoms with Gasteiger partial charge in [0.25, 0.3) is 0 Å². The number of fused-ring (bicyclic) bond motifs is 1. The third kappa shape index (κ3) is 3.55. The molecule has 0 bridgehead atoms. The Kier molecular flexibility index (Phi) is 4.56. The lowest BCUT2D eigenvalue weighted by Crippen LogP contribution is -2.37. The molecule has 0 saturated heterocycles. The molecule has 1 atom stereocenters. The molecular formula is C15H22N2O2. The molecule has 0 aromatic heterocycles. The minimum absolute atomic E-state index is 0.118. The summed E-state index contributed by atoms with van der Waals surface area (Å²) in [7, 11) is 4.03. The largest absolute Gasteiger partial charge is 0.480 e. The minimum Gasteiger partial charge on any atom is -0.480 e. The van der Waals surface area contributed by atoms with Crippen molar-refractivity contribution >= 4 is 5.97 Å². The van der Waals surface area contributed by atoms with E-state index in [0.717, 1.165) is 25.9 Å².